The molecule has 0 radical (unpaired) electrons. The van der Waals surface area contributed by atoms with Gasteiger partial charge in [-0.15, -0.1) is 0 Å². The molecule has 0 aromatic carbocycles. The van der Waals surface area contributed by atoms with Crippen molar-refractivity contribution in [2.24, 2.45) is 53.3 Å². The van der Waals surface area contributed by atoms with Crippen molar-refractivity contribution in [3.63, 3.8) is 0 Å². The summed E-state index contributed by atoms with van der Waals surface area (Å²) < 4.78 is 0.297. The average molecular weight is 689 g/mol. The van der Waals surface area contributed by atoms with Crippen LogP contribution in [0.3, 0.4) is 0 Å². The van der Waals surface area contributed by atoms with Crippen LogP contribution in [0.5, 0.6) is 0 Å². The van der Waals surface area contributed by atoms with E-state index in [2.05, 4.69) is 64.4 Å². The summed E-state index contributed by atoms with van der Waals surface area (Å²) >= 11 is 8.82. The zero-order chi connectivity index (χ0) is 29.5. The summed E-state index contributed by atoms with van der Waals surface area (Å²) in [6.07, 6.45) is 28.8. The second kappa shape index (κ2) is 20.1. The maximum Gasteiger partial charge on any atom is 0.0348 e. The lowest BCUT2D eigenvalue weighted by Crippen LogP contribution is -2.55. The summed E-state index contributed by atoms with van der Waals surface area (Å²) in [5.74, 6) is 7.55. The van der Waals surface area contributed by atoms with E-state index in [-0.39, 0.29) is 0 Å². The average Bonchev–Trinajstić information content (AvgIpc) is 2.92. The Kier molecular flexibility index (Phi) is 18.6. The standard InChI is InChI=1S/C38H72Br2/c1-8-9-10-11-12-13-14-15-16-17-18-19-20-33(25-26-39)38(40,36-27-31(6)21-23-34(36)29(2)3)37-28-32(7)22-24-35(37)30(4)5/h29-37H,8-28H2,1-7H3. The molecule has 7 unspecified atom stereocenters. The molecule has 0 aromatic rings. The highest BCUT2D eigenvalue weighted by Gasteiger charge is 2.55. The van der Waals surface area contributed by atoms with E-state index < -0.39 is 0 Å². The maximum atomic E-state index is 4.86. The van der Waals surface area contributed by atoms with Crippen LogP contribution < -0.4 is 0 Å². The quantitative estimate of drug-likeness (QED) is 0.0882. The van der Waals surface area contributed by atoms with Gasteiger partial charge < -0.3 is 0 Å². The van der Waals surface area contributed by atoms with Crippen LogP contribution in [-0.2, 0) is 0 Å². The number of alkyl halides is 2. The molecule has 0 spiro atoms. The van der Waals surface area contributed by atoms with Crippen molar-refractivity contribution in [1.82, 2.24) is 0 Å². The van der Waals surface area contributed by atoms with Crippen molar-refractivity contribution in [2.75, 3.05) is 5.33 Å². The minimum atomic E-state index is 0.297. The number of unbranched alkanes of at least 4 members (excludes halogenated alkanes) is 11. The lowest BCUT2D eigenvalue weighted by atomic mass is 9.53. The van der Waals surface area contributed by atoms with Crippen molar-refractivity contribution >= 4 is 31.9 Å². The Hall–Kier alpha value is 0.960. The molecule has 7 atom stereocenters. The maximum absolute atomic E-state index is 4.86. The molecule has 2 aliphatic rings. The smallest absolute Gasteiger partial charge is 0.0348 e. The predicted molar refractivity (Wildman–Crippen MR) is 189 cm³/mol. The highest BCUT2D eigenvalue weighted by atomic mass is 79.9. The van der Waals surface area contributed by atoms with Crippen LogP contribution in [-0.4, -0.2) is 9.65 Å². The van der Waals surface area contributed by atoms with E-state index >= 15 is 0 Å². The van der Waals surface area contributed by atoms with E-state index in [1.165, 1.54) is 128 Å². The molecule has 0 N–H and O–H groups in total. The Bertz CT molecular complexity index is 595. The first kappa shape index (κ1) is 37.1. The van der Waals surface area contributed by atoms with Crippen molar-refractivity contribution in [1.29, 1.82) is 0 Å². The second-order valence-corrected chi connectivity index (χ2v) is 17.7. The van der Waals surface area contributed by atoms with E-state index in [1.54, 1.807) is 0 Å². The zero-order valence-corrected chi connectivity index (χ0v) is 31.5. The lowest BCUT2D eigenvalue weighted by Gasteiger charge is -2.57. The van der Waals surface area contributed by atoms with Gasteiger partial charge in [-0.25, -0.2) is 0 Å². The van der Waals surface area contributed by atoms with Crippen LogP contribution in [0.2, 0.25) is 0 Å². The van der Waals surface area contributed by atoms with Gasteiger partial charge in [-0.3, -0.25) is 0 Å². The van der Waals surface area contributed by atoms with Gasteiger partial charge in [-0.2, -0.15) is 0 Å². The Labute approximate surface area is 270 Å². The Balaban J connectivity index is 2.10. The summed E-state index contributed by atoms with van der Waals surface area (Å²) in [5.41, 5.74) is 0. The summed E-state index contributed by atoms with van der Waals surface area (Å²) in [6.45, 7) is 17.6. The van der Waals surface area contributed by atoms with Gasteiger partial charge in [-0.05, 0) is 91.8 Å². The SMILES string of the molecule is CCCCCCCCCCCCCCC(CCBr)C(Br)(C1CC(C)CCC1C(C)C)C1CC(C)CCC1C(C)C. The number of halogens is 2. The fourth-order valence-electron chi connectivity index (χ4n) is 9.25. The molecule has 0 aliphatic heterocycles. The molecule has 0 saturated heterocycles. The fraction of sp³-hybridized carbons (Fsp3) is 1.00. The summed E-state index contributed by atoms with van der Waals surface area (Å²) in [4.78, 5) is 0. The second-order valence-electron chi connectivity index (χ2n) is 15.5. The van der Waals surface area contributed by atoms with E-state index in [1.807, 2.05) is 0 Å². The third-order valence-corrected chi connectivity index (χ3v) is 14.0. The molecule has 2 heteroatoms. The third kappa shape index (κ3) is 11.5. The van der Waals surface area contributed by atoms with Gasteiger partial charge in [0.1, 0.15) is 0 Å². The van der Waals surface area contributed by atoms with Crippen molar-refractivity contribution in [2.45, 2.75) is 181 Å². The fourth-order valence-corrected chi connectivity index (χ4v) is 11.3. The first-order chi connectivity index (χ1) is 19.2. The molecule has 2 rings (SSSR count). The molecular formula is C38H72Br2. The van der Waals surface area contributed by atoms with Crippen molar-refractivity contribution in [3.05, 3.63) is 0 Å². The van der Waals surface area contributed by atoms with E-state index in [4.69, 9.17) is 15.9 Å². The van der Waals surface area contributed by atoms with Crippen LogP contribution in [0.4, 0.5) is 0 Å². The highest BCUT2D eigenvalue weighted by molar-refractivity contribution is 9.10. The van der Waals surface area contributed by atoms with Crippen molar-refractivity contribution < 1.29 is 0 Å². The van der Waals surface area contributed by atoms with Crippen molar-refractivity contribution in [3.8, 4) is 0 Å². The molecule has 2 fully saturated rings. The van der Waals surface area contributed by atoms with E-state index in [0.29, 0.717) is 4.32 Å². The van der Waals surface area contributed by atoms with Crippen LogP contribution >= 0.6 is 31.9 Å². The Morgan fingerprint density at radius 1 is 0.600 bits per heavy atom. The minimum absolute atomic E-state index is 0.297. The normalized spacial score (nSPS) is 30.1. The monoisotopic (exact) mass is 686 g/mol. The minimum Gasteiger partial charge on any atom is -0.0928 e. The Morgan fingerprint density at radius 2 is 1.00 bits per heavy atom. The predicted octanol–water partition coefficient (Wildman–Crippen LogP) is 14.0. The van der Waals surface area contributed by atoms with Gasteiger partial charge in [0.05, 0.1) is 0 Å². The molecular weight excluding hydrogens is 616 g/mol. The summed E-state index contributed by atoms with van der Waals surface area (Å²) in [7, 11) is 0. The molecule has 0 heterocycles. The summed E-state index contributed by atoms with van der Waals surface area (Å²) in [5, 5.41) is 1.16. The lowest BCUT2D eigenvalue weighted by molar-refractivity contribution is 0.00121. The van der Waals surface area contributed by atoms with Gasteiger partial charge in [0.2, 0.25) is 0 Å². The molecule has 0 aromatic heterocycles. The molecule has 2 aliphatic carbocycles. The van der Waals surface area contributed by atoms with Crippen LogP contribution in [0.25, 0.3) is 0 Å². The first-order valence-electron chi connectivity index (χ1n) is 18.4. The van der Waals surface area contributed by atoms with Crippen LogP contribution in [0.15, 0.2) is 0 Å². The molecule has 0 nitrogen and oxygen atoms in total. The topological polar surface area (TPSA) is 0 Å². The molecule has 2 saturated carbocycles. The van der Waals surface area contributed by atoms with Gasteiger partial charge in [0.25, 0.3) is 0 Å². The van der Waals surface area contributed by atoms with Gasteiger partial charge >= 0.3 is 0 Å². The number of hydrogen-bond acceptors (Lipinski definition) is 0. The molecule has 238 valence electrons. The van der Waals surface area contributed by atoms with Crippen LogP contribution in [0.1, 0.15) is 177 Å². The molecule has 40 heavy (non-hydrogen) atoms. The first-order valence-corrected chi connectivity index (χ1v) is 20.3. The highest BCUT2D eigenvalue weighted by Crippen LogP contribution is 2.60. The summed E-state index contributed by atoms with van der Waals surface area (Å²) in [6, 6.07) is 0. The van der Waals surface area contributed by atoms with Gasteiger partial charge in [-0.1, -0.05) is 170 Å². The van der Waals surface area contributed by atoms with Gasteiger partial charge in [0.15, 0.2) is 0 Å². The number of hydrogen-bond donors (Lipinski definition) is 0. The molecule has 0 bridgehead atoms. The van der Waals surface area contributed by atoms with E-state index in [9.17, 15) is 0 Å². The van der Waals surface area contributed by atoms with Gasteiger partial charge in [0, 0.05) is 9.65 Å². The Morgan fingerprint density at radius 3 is 1.38 bits per heavy atom. The number of rotatable bonds is 20. The van der Waals surface area contributed by atoms with E-state index in [0.717, 1.165) is 58.6 Å². The zero-order valence-electron chi connectivity index (χ0n) is 28.3. The van der Waals surface area contributed by atoms with Crippen LogP contribution in [0, 0.1) is 53.3 Å². The third-order valence-electron chi connectivity index (χ3n) is 11.7. The molecule has 0 amide bonds. The largest absolute Gasteiger partial charge is 0.0928 e.